The Hall–Kier alpha value is -1.56. The number of aromatic nitrogens is 2. The lowest BCUT2D eigenvalue weighted by Gasteiger charge is -2.09. The van der Waals surface area contributed by atoms with Crippen molar-refractivity contribution in [3.8, 4) is 5.75 Å². The summed E-state index contributed by atoms with van der Waals surface area (Å²) in [4.78, 5) is 0. The lowest BCUT2D eigenvalue weighted by Crippen LogP contribution is -2.10. The topological polar surface area (TPSA) is 73.1 Å². The zero-order valence-electron chi connectivity index (χ0n) is 9.94. The summed E-state index contributed by atoms with van der Waals surface area (Å²) in [6.45, 7) is 0.972. The lowest BCUT2D eigenvalue weighted by atomic mass is 10.3. The second kappa shape index (κ2) is 6.56. The van der Waals surface area contributed by atoms with E-state index in [9.17, 15) is 0 Å². The summed E-state index contributed by atoms with van der Waals surface area (Å²) in [5, 5.41) is 11.0. The van der Waals surface area contributed by atoms with Gasteiger partial charge in [0, 0.05) is 18.3 Å². The Bertz CT molecular complexity index is 548. The molecule has 1 aromatic heterocycles. The average Bonchev–Trinajstić information content (AvgIpc) is 2.42. The van der Waals surface area contributed by atoms with Crippen LogP contribution < -0.4 is 15.8 Å². The van der Waals surface area contributed by atoms with Gasteiger partial charge in [-0.1, -0.05) is 23.2 Å². The first-order valence-electron chi connectivity index (χ1n) is 5.57. The van der Waals surface area contributed by atoms with E-state index < -0.39 is 0 Å². The van der Waals surface area contributed by atoms with Gasteiger partial charge in [0.05, 0.1) is 5.69 Å². The minimum Gasteiger partial charge on any atom is -0.492 e. The third kappa shape index (κ3) is 3.96. The number of ether oxygens (including phenoxy) is 1. The standard InChI is InChI=1S/C12H12Cl2N4O/c13-11-7-10(12(14)18-17-11)16-8-1-3-9(4-2-8)19-6-5-15/h1-4,7H,5-6,15H2,(H,16,17). The zero-order valence-corrected chi connectivity index (χ0v) is 11.4. The third-order valence-corrected chi connectivity index (χ3v) is 2.70. The fourth-order valence-electron chi connectivity index (χ4n) is 1.41. The Balaban J connectivity index is 2.08. The first kappa shape index (κ1) is 13.9. The van der Waals surface area contributed by atoms with Crippen molar-refractivity contribution < 1.29 is 4.74 Å². The van der Waals surface area contributed by atoms with Gasteiger partial charge in [0.15, 0.2) is 10.3 Å². The normalized spacial score (nSPS) is 10.3. The Morgan fingerprint density at radius 1 is 1.16 bits per heavy atom. The van der Waals surface area contributed by atoms with Crippen LogP contribution in [0.25, 0.3) is 0 Å². The summed E-state index contributed by atoms with van der Waals surface area (Å²) in [7, 11) is 0. The molecule has 100 valence electrons. The highest BCUT2D eigenvalue weighted by Crippen LogP contribution is 2.26. The van der Waals surface area contributed by atoms with Crippen LogP contribution in [0, 0.1) is 0 Å². The molecule has 1 heterocycles. The van der Waals surface area contributed by atoms with Crippen molar-refractivity contribution in [3.63, 3.8) is 0 Å². The molecule has 0 saturated heterocycles. The fourth-order valence-corrected chi connectivity index (χ4v) is 1.69. The molecule has 0 saturated carbocycles. The highest BCUT2D eigenvalue weighted by molar-refractivity contribution is 6.33. The van der Waals surface area contributed by atoms with Gasteiger partial charge < -0.3 is 15.8 Å². The Labute approximate surface area is 120 Å². The highest BCUT2D eigenvalue weighted by atomic mass is 35.5. The zero-order chi connectivity index (χ0) is 13.7. The molecule has 0 aliphatic carbocycles. The largest absolute Gasteiger partial charge is 0.492 e. The number of anilines is 2. The summed E-state index contributed by atoms with van der Waals surface area (Å²) >= 11 is 11.7. The summed E-state index contributed by atoms with van der Waals surface area (Å²) < 4.78 is 5.38. The predicted molar refractivity (Wildman–Crippen MR) is 76.3 cm³/mol. The average molecular weight is 299 g/mol. The van der Waals surface area contributed by atoms with Crippen LogP contribution in [0.15, 0.2) is 30.3 Å². The van der Waals surface area contributed by atoms with Crippen LogP contribution in [0.5, 0.6) is 5.75 Å². The van der Waals surface area contributed by atoms with Crippen LogP contribution in [0.4, 0.5) is 11.4 Å². The molecule has 0 fully saturated rings. The van der Waals surface area contributed by atoms with Gasteiger partial charge in [-0.15, -0.1) is 10.2 Å². The molecule has 0 unspecified atom stereocenters. The van der Waals surface area contributed by atoms with Gasteiger partial charge in [-0.05, 0) is 24.3 Å². The van der Waals surface area contributed by atoms with Crippen molar-refractivity contribution in [2.75, 3.05) is 18.5 Å². The SMILES string of the molecule is NCCOc1ccc(Nc2cc(Cl)nnc2Cl)cc1. The van der Waals surface area contributed by atoms with E-state index in [-0.39, 0.29) is 10.3 Å². The van der Waals surface area contributed by atoms with Crippen molar-refractivity contribution in [2.24, 2.45) is 5.73 Å². The van der Waals surface area contributed by atoms with Gasteiger partial charge in [-0.25, -0.2) is 0 Å². The predicted octanol–water partition coefficient (Wildman–Crippen LogP) is 2.86. The molecule has 0 radical (unpaired) electrons. The van der Waals surface area contributed by atoms with Crippen LogP contribution in [-0.2, 0) is 0 Å². The van der Waals surface area contributed by atoms with Crippen molar-refractivity contribution >= 4 is 34.6 Å². The molecule has 0 aliphatic rings. The van der Waals surface area contributed by atoms with Crippen LogP contribution in [0.1, 0.15) is 0 Å². The summed E-state index contributed by atoms with van der Waals surface area (Å²) in [6.07, 6.45) is 0. The Kier molecular flexibility index (Phi) is 4.79. The molecule has 0 aliphatic heterocycles. The Morgan fingerprint density at radius 2 is 1.89 bits per heavy atom. The molecule has 0 spiro atoms. The number of hydrogen-bond donors (Lipinski definition) is 2. The molecule has 7 heteroatoms. The fraction of sp³-hybridized carbons (Fsp3) is 0.167. The van der Waals surface area contributed by atoms with E-state index in [0.29, 0.717) is 18.8 Å². The van der Waals surface area contributed by atoms with Crippen molar-refractivity contribution in [1.29, 1.82) is 0 Å². The maximum Gasteiger partial charge on any atom is 0.175 e. The van der Waals surface area contributed by atoms with E-state index in [0.717, 1.165) is 11.4 Å². The number of hydrogen-bond acceptors (Lipinski definition) is 5. The van der Waals surface area contributed by atoms with Crippen LogP contribution in [0.3, 0.4) is 0 Å². The van der Waals surface area contributed by atoms with E-state index in [1.165, 1.54) is 0 Å². The van der Waals surface area contributed by atoms with Crippen molar-refractivity contribution in [3.05, 3.63) is 40.6 Å². The molecule has 2 aromatic rings. The number of nitrogens with one attached hydrogen (secondary N) is 1. The molecule has 0 atom stereocenters. The van der Waals surface area contributed by atoms with Crippen molar-refractivity contribution in [1.82, 2.24) is 10.2 Å². The van der Waals surface area contributed by atoms with E-state index in [2.05, 4.69) is 15.5 Å². The second-order valence-corrected chi connectivity index (χ2v) is 4.40. The Morgan fingerprint density at radius 3 is 2.58 bits per heavy atom. The van der Waals surface area contributed by atoms with E-state index in [4.69, 9.17) is 33.7 Å². The number of nitrogens with zero attached hydrogens (tertiary/aromatic N) is 2. The highest BCUT2D eigenvalue weighted by Gasteiger charge is 2.04. The van der Waals surface area contributed by atoms with E-state index in [1.807, 2.05) is 24.3 Å². The molecule has 3 N–H and O–H groups in total. The minimum absolute atomic E-state index is 0.257. The molecule has 5 nitrogen and oxygen atoms in total. The summed E-state index contributed by atoms with van der Waals surface area (Å²) in [5.74, 6) is 0.757. The molecular formula is C12H12Cl2N4O. The monoisotopic (exact) mass is 298 g/mol. The number of nitrogens with two attached hydrogens (primary N) is 1. The maximum atomic E-state index is 5.91. The number of benzene rings is 1. The first-order valence-corrected chi connectivity index (χ1v) is 6.33. The molecule has 19 heavy (non-hydrogen) atoms. The summed E-state index contributed by atoms with van der Waals surface area (Å²) in [5.41, 5.74) is 6.80. The maximum absolute atomic E-state index is 5.91. The molecular weight excluding hydrogens is 287 g/mol. The van der Waals surface area contributed by atoms with Crippen LogP contribution >= 0.6 is 23.2 Å². The first-order chi connectivity index (χ1) is 9.19. The lowest BCUT2D eigenvalue weighted by molar-refractivity contribution is 0.328. The molecule has 1 aromatic carbocycles. The molecule has 0 amide bonds. The second-order valence-electron chi connectivity index (χ2n) is 3.66. The number of halogens is 2. The van der Waals surface area contributed by atoms with E-state index >= 15 is 0 Å². The molecule has 2 rings (SSSR count). The van der Waals surface area contributed by atoms with Gasteiger partial charge in [-0.3, -0.25) is 0 Å². The molecule has 0 bridgehead atoms. The minimum atomic E-state index is 0.257. The third-order valence-electron chi connectivity index (χ3n) is 2.24. The van der Waals surface area contributed by atoms with Crippen LogP contribution in [-0.4, -0.2) is 23.3 Å². The van der Waals surface area contributed by atoms with E-state index in [1.54, 1.807) is 6.07 Å². The van der Waals surface area contributed by atoms with Gasteiger partial charge in [0.1, 0.15) is 12.4 Å². The van der Waals surface area contributed by atoms with Gasteiger partial charge >= 0.3 is 0 Å². The van der Waals surface area contributed by atoms with Gasteiger partial charge in [0.2, 0.25) is 0 Å². The van der Waals surface area contributed by atoms with Crippen LogP contribution in [0.2, 0.25) is 10.3 Å². The number of rotatable bonds is 5. The van der Waals surface area contributed by atoms with Crippen molar-refractivity contribution in [2.45, 2.75) is 0 Å². The summed E-state index contributed by atoms with van der Waals surface area (Å²) in [6, 6.07) is 8.99. The smallest absolute Gasteiger partial charge is 0.175 e. The van der Waals surface area contributed by atoms with Gasteiger partial charge in [0.25, 0.3) is 0 Å². The van der Waals surface area contributed by atoms with Gasteiger partial charge in [-0.2, -0.15) is 0 Å². The quantitative estimate of drug-likeness (QED) is 0.888.